The minimum absolute atomic E-state index is 0.0190. The predicted octanol–water partition coefficient (Wildman–Crippen LogP) is 2.85. The zero-order valence-electron chi connectivity index (χ0n) is 16.6. The minimum atomic E-state index is -3.53. The summed E-state index contributed by atoms with van der Waals surface area (Å²) in [5.74, 6) is -4.25. The van der Waals surface area contributed by atoms with Gasteiger partial charge in [-0.15, -0.1) is 0 Å². The number of rotatable bonds is 6. The number of nitrogens with two attached hydrogens (primary N) is 1. The van der Waals surface area contributed by atoms with Gasteiger partial charge in [0.25, 0.3) is 11.9 Å². The molecule has 0 bridgehead atoms. The lowest BCUT2D eigenvalue weighted by Gasteiger charge is -2.37. The lowest BCUT2D eigenvalue weighted by atomic mass is 9.85. The fourth-order valence-corrected chi connectivity index (χ4v) is 3.06. The lowest BCUT2D eigenvalue weighted by molar-refractivity contribution is -0.117. The summed E-state index contributed by atoms with van der Waals surface area (Å²) in [6, 6.07) is 2.82. The second kappa shape index (κ2) is 7.71. The van der Waals surface area contributed by atoms with E-state index in [2.05, 4.69) is 25.0 Å². The quantitative estimate of drug-likeness (QED) is 0.722. The Labute approximate surface area is 175 Å². The third-order valence-electron chi connectivity index (χ3n) is 5.22. The molecule has 1 amide bonds. The van der Waals surface area contributed by atoms with Crippen molar-refractivity contribution in [2.75, 3.05) is 18.5 Å². The van der Waals surface area contributed by atoms with E-state index in [1.807, 2.05) is 0 Å². The molecule has 2 heterocycles. The Morgan fingerprint density at radius 2 is 2.10 bits per heavy atom. The molecule has 4 rings (SSSR count). The molecule has 1 atom stereocenters. The maximum atomic E-state index is 14.5. The largest absolute Gasteiger partial charge is 0.476 e. The van der Waals surface area contributed by atoms with Crippen LogP contribution in [0.4, 0.5) is 18.9 Å². The highest BCUT2D eigenvalue weighted by molar-refractivity contribution is 6.02. The predicted molar refractivity (Wildman–Crippen MR) is 104 cm³/mol. The number of alkyl halides is 2. The number of aliphatic imine (C=N–C) groups is 1. The van der Waals surface area contributed by atoms with Crippen molar-refractivity contribution in [1.29, 1.82) is 0 Å². The molecule has 1 aliphatic carbocycles. The van der Waals surface area contributed by atoms with Gasteiger partial charge in [-0.25, -0.2) is 19.4 Å². The van der Waals surface area contributed by atoms with Crippen molar-refractivity contribution < 1.29 is 27.4 Å². The van der Waals surface area contributed by atoms with Crippen LogP contribution in [-0.2, 0) is 10.3 Å². The van der Waals surface area contributed by atoms with Gasteiger partial charge in [-0.2, -0.15) is 8.78 Å². The van der Waals surface area contributed by atoms with Gasteiger partial charge in [0.2, 0.25) is 5.88 Å². The van der Waals surface area contributed by atoms with Crippen molar-refractivity contribution >= 4 is 17.6 Å². The summed E-state index contributed by atoms with van der Waals surface area (Å²) in [6.45, 7) is 0.567. The van der Waals surface area contributed by atoms with Crippen LogP contribution >= 0.6 is 0 Å². The Hall–Kier alpha value is -3.37. The smallest absolute Gasteiger partial charge is 0.310 e. The first-order valence-corrected chi connectivity index (χ1v) is 9.60. The van der Waals surface area contributed by atoms with Crippen LogP contribution < -0.4 is 15.8 Å². The summed E-state index contributed by atoms with van der Waals surface area (Å²) >= 11 is 0. The van der Waals surface area contributed by atoms with E-state index in [9.17, 15) is 18.0 Å². The topological polar surface area (TPSA) is 112 Å². The van der Waals surface area contributed by atoms with Crippen molar-refractivity contribution in [3.05, 3.63) is 47.7 Å². The number of nitrogens with zero attached hydrogens (tertiary/aromatic N) is 3. The number of halogens is 3. The molecule has 1 aliphatic heterocycles. The molecule has 1 aromatic heterocycles. The molecule has 0 spiro atoms. The molecule has 2 aliphatic rings. The van der Waals surface area contributed by atoms with Gasteiger partial charge in [-0.3, -0.25) is 4.79 Å². The highest BCUT2D eigenvalue weighted by Gasteiger charge is 2.56. The van der Waals surface area contributed by atoms with E-state index in [1.54, 1.807) is 0 Å². The Morgan fingerprint density at radius 3 is 2.77 bits per heavy atom. The van der Waals surface area contributed by atoms with Gasteiger partial charge in [0.05, 0.1) is 19.0 Å². The molecule has 11 heteroatoms. The first kappa shape index (κ1) is 20.9. The molecule has 1 saturated carbocycles. The van der Waals surface area contributed by atoms with E-state index in [-0.39, 0.29) is 11.4 Å². The van der Waals surface area contributed by atoms with E-state index >= 15 is 0 Å². The average molecular weight is 435 g/mol. The molecule has 31 heavy (non-hydrogen) atoms. The maximum Gasteiger partial charge on any atom is 0.310 e. The summed E-state index contributed by atoms with van der Waals surface area (Å²) < 4.78 is 53.6. The number of hydrogen-bond donors (Lipinski definition) is 2. The van der Waals surface area contributed by atoms with Gasteiger partial charge in [0, 0.05) is 11.3 Å². The Bertz CT molecular complexity index is 1030. The van der Waals surface area contributed by atoms with Crippen LogP contribution in [0.5, 0.6) is 5.88 Å². The van der Waals surface area contributed by atoms with Crippen molar-refractivity contribution in [2.45, 2.75) is 31.2 Å². The van der Waals surface area contributed by atoms with Crippen molar-refractivity contribution in [3.63, 3.8) is 0 Å². The number of carbonyl (C=O) groups excluding carboxylic acids is 1. The van der Waals surface area contributed by atoms with E-state index in [4.69, 9.17) is 10.5 Å². The number of ether oxygens (including phenoxy) is 2. The first-order valence-electron chi connectivity index (χ1n) is 9.60. The second-order valence-corrected chi connectivity index (χ2v) is 7.66. The van der Waals surface area contributed by atoms with Crippen molar-refractivity contribution in [2.24, 2.45) is 16.6 Å². The standard InChI is InChI=1S/C20H20F3N5O3/c1-19(20(22,23)10-31-18(24)28-19)13-6-12(4-5-14(13)21)27-17(29)15-7-26-16(8-25-15)30-9-11-2-3-11/h4-8,11H,2-3,9-10H2,1H3,(H2,24,28)(H,27,29)/t19-/m0/s1. The summed E-state index contributed by atoms with van der Waals surface area (Å²) in [6.07, 6.45) is 4.82. The highest BCUT2D eigenvalue weighted by Crippen LogP contribution is 2.44. The van der Waals surface area contributed by atoms with Gasteiger partial charge < -0.3 is 20.5 Å². The number of amides is 1. The fourth-order valence-electron chi connectivity index (χ4n) is 3.06. The molecular weight excluding hydrogens is 415 g/mol. The lowest BCUT2D eigenvalue weighted by Crippen LogP contribution is -2.51. The van der Waals surface area contributed by atoms with Gasteiger partial charge >= 0.3 is 5.92 Å². The Morgan fingerprint density at radius 1 is 1.32 bits per heavy atom. The summed E-state index contributed by atoms with van der Waals surface area (Å²) in [5.41, 5.74) is 2.76. The van der Waals surface area contributed by atoms with Crippen LogP contribution in [0, 0.1) is 11.7 Å². The van der Waals surface area contributed by atoms with Crippen LogP contribution in [0.2, 0.25) is 0 Å². The molecule has 164 valence electrons. The van der Waals surface area contributed by atoms with Crippen LogP contribution in [0.1, 0.15) is 35.8 Å². The number of carbonyl (C=O) groups is 1. The summed E-state index contributed by atoms with van der Waals surface area (Å²) in [4.78, 5) is 24.2. The van der Waals surface area contributed by atoms with Crippen molar-refractivity contribution in [3.8, 4) is 5.88 Å². The number of aromatic nitrogens is 2. The SMILES string of the molecule is C[C@@]1(c2cc(NC(=O)c3cnc(OCC4CC4)cn3)ccc2F)N=C(N)OCC1(F)F. The van der Waals surface area contributed by atoms with Crippen LogP contribution in [0.3, 0.4) is 0 Å². The zero-order valence-corrected chi connectivity index (χ0v) is 16.6. The third-order valence-corrected chi connectivity index (χ3v) is 5.22. The first-order chi connectivity index (χ1) is 14.7. The summed E-state index contributed by atoms with van der Waals surface area (Å²) in [7, 11) is 0. The van der Waals surface area contributed by atoms with E-state index in [0.29, 0.717) is 18.4 Å². The van der Waals surface area contributed by atoms with E-state index in [1.165, 1.54) is 18.5 Å². The number of nitrogens with one attached hydrogen (secondary N) is 1. The van der Waals surface area contributed by atoms with E-state index in [0.717, 1.165) is 31.9 Å². The van der Waals surface area contributed by atoms with Crippen LogP contribution in [0.15, 0.2) is 35.6 Å². The van der Waals surface area contributed by atoms with Crippen molar-refractivity contribution in [1.82, 2.24) is 9.97 Å². The molecule has 0 saturated heterocycles. The molecular formula is C20H20F3N5O3. The van der Waals surface area contributed by atoms with Gasteiger partial charge in [0.15, 0.2) is 12.1 Å². The van der Waals surface area contributed by atoms with Crippen LogP contribution in [-0.4, -0.2) is 41.0 Å². The monoisotopic (exact) mass is 435 g/mol. The zero-order chi connectivity index (χ0) is 22.2. The fraction of sp³-hybridized carbons (Fsp3) is 0.400. The molecule has 0 unspecified atom stereocenters. The molecule has 1 aromatic carbocycles. The second-order valence-electron chi connectivity index (χ2n) is 7.66. The normalized spacial score (nSPS) is 22.3. The molecule has 1 fully saturated rings. The summed E-state index contributed by atoms with van der Waals surface area (Å²) in [5, 5.41) is 2.50. The van der Waals surface area contributed by atoms with Gasteiger partial charge in [-0.1, -0.05) is 0 Å². The van der Waals surface area contributed by atoms with Gasteiger partial charge in [-0.05, 0) is 43.9 Å². The molecule has 8 nitrogen and oxygen atoms in total. The molecule has 3 N–H and O–H groups in total. The third kappa shape index (κ3) is 4.25. The van der Waals surface area contributed by atoms with E-state index < -0.39 is 41.4 Å². The Balaban J connectivity index is 1.53. The Kier molecular flexibility index (Phi) is 5.19. The maximum absolute atomic E-state index is 14.5. The number of benzene rings is 1. The number of anilines is 1. The minimum Gasteiger partial charge on any atom is -0.476 e. The van der Waals surface area contributed by atoms with Gasteiger partial charge in [0.1, 0.15) is 11.5 Å². The number of hydrogen-bond acceptors (Lipinski definition) is 7. The average Bonchev–Trinajstić information content (AvgIpc) is 3.56. The molecule has 2 aromatic rings. The van der Waals surface area contributed by atoms with Crippen LogP contribution in [0.25, 0.3) is 0 Å². The molecule has 0 radical (unpaired) electrons. The number of amidine groups is 1. The highest BCUT2D eigenvalue weighted by atomic mass is 19.3.